The van der Waals surface area contributed by atoms with E-state index in [9.17, 15) is 0 Å². The zero-order valence-electron chi connectivity index (χ0n) is 12.2. The van der Waals surface area contributed by atoms with E-state index in [4.69, 9.17) is 14.6 Å². The molecule has 1 aromatic rings. The molecule has 1 aromatic carbocycles. The molecule has 0 bridgehead atoms. The monoisotopic (exact) mass is 265 g/mol. The minimum atomic E-state index is -0.167. The molecule has 0 radical (unpaired) electrons. The van der Waals surface area contributed by atoms with Crippen LogP contribution in [-0.2, 0) is 0 Å². The smallest absolute Gasteiger partial charge is 0.161 e. The molecule has 1 atom stereocenters. The fraction of sp³-hybridized carbons (Fsp3) is 0.467. The number of hydrogen-bond donors (Lipinski definition) is 2. The molecule has 0 unspecified atom stereocenters. The van der Waals surface area contributed by atoms with Crippen molar-refractivity contribution >= 4 is 6.08 Å². The Morgan fingerprint density at radius 3 is 2.21 bits per heavy atom. The molecule has 0 aromatic heterocycles. The average Bonchev–Trinajstić information content (AvgIpc) is 2.37. The van der Waals surface area contributed by atoms with Crippen LogP contribution in [0.5, 0.6) is 11.5 Å². The largest absolute Gasteiger partial charge is 0.493 e. The molecule has 4 nitrogen and oxygen atoms in total. The topological polar surface area (TPSA) is 50.7 Å². The Labute approximate surface area is 115 Å². The van der Waals surface area contributed by atoms with Crippen molar-refractivity contribution in [3.05, 3.63) is 29.5 Å². The molecule has 4 heteroatoms. The summed E-state index contributed by atoms with van der Waals surface area (Å²) in [6.07, 6.45) is 3.83. The van der Waals surface area contributed by atoms with Gasteiger partial charge in [-0.25, -0.2) is 0 Å². The molecular formula is C15H23NO3. The van der Waals surface area contributed by atoms with Crippen LogP contribution >= 0.6 is 0 Å². The molecule has 1 aliphatic rings. The summed E-state index contributed by atoms with van der Waals surface area (Å²) in [5.41, 5.74) is 2.41. The van der Waals surface area contributed by atoms with E-state index in [2.05, 4.69) is 12.2 Å². The van der Waals surface area contributed by atoms with Gasteiger partial charge in [0.15, 0.2) is 11.5 Å². The second-order valence-electron chi connectivity index (χ2n) is 4.65. The molecular weight excluding hydrogens is 242 g/mol. The summed E-state index contributed by atoms with van der Waals surface area (Å²) < 4.78 is 10.5. The SMILES string of the molecule is CC(C)O.COc1cc2c(cc1OC)[C@H](C)NC=C2. The highest BCUT2D eigenvalue weighted by molar-refractivity contribution is 5.62. The van der Waals surface area contributed by atoms with Gasteiger partial charge in [-0.2, -0.15) is 0 Å². The van der Waals surface area contributed by atoms with E-state index in [0.29, 0.717) is 6.04 Å². The first-order valence-electron chi connectivity index (χ1n) is 6.36. The Balaban J connectivity index is 0.000000399. The van der Waals surface area contributed by atoms with Gasteiger partial charge < -0.3 is 19.9 Å². The summed E-state index contributed by atoms with van der Waals surface area (Å²) in [6, 6.07) is 4.34. The van der Waals surface area contributed by atoms with Crippen molar-refractivity contribution in [2.75, 3.05) is 14.2 Å². The molecule has 1 aliphatic heterocycles. The summed E-state index contributed by atoms with van der Waals surface area (Å²) in [5.74, 6) is 1.55. The van der Waals surface area contributed by atoms with Crippen LogP contribution in [0.25, 0.3) is 6.08 Å². The van der Waals surface area contributed by atoms with E-state index in [1.165, 1.54) is 11.1 Å². The van der Waals surface area contributed by atoms with Crippen LogP contribution in [0.4, 0.5) is 0 Å². The lowest BCUT2D eigenvalue weighted by molar-refractivity contribution is 0.216. The fourth-order valence-electron chi connectivity index (χ4n) is 1.80. The van der Waals surface area contributed by atoms with E-state index in [0.717, 1.165) is 11.5 Å². The van der Waals surface area contributed by atoms with Crippen LogP contribution in [0.1, 0.15) is 37.9 Å². The van der Waals surface area contributed by atoms with Crippen molar-refractivity contribution in [2.24, 2.45) is 0 Å². The van der Waals surface area contributed by atoms with Crippen LogP contribution in [0.2, 0.25) is 0 Å². The maximum absolute atomic E-state index is 8.06. The quantitative estimate of drug-likeness (QED) is 0.863. The van der Waals surface area contributed by atoms with E-state index >= 15 is 0 Å². The second-order valence-corrected chi connectivity index (χ2v) is 4.65. The normalized spacial score (nSPS) is 16.1. The third-order valence-electron chi connectivity index (χ3n) is 2.66. The van der Waals surface area contributed by atoms with Gasteiger partial charge in [-0.3, -0.25) is 0 Å². The zero-order chi connectivity index (χ0) is 14.4. The average molecular weight is 265 g/mol. The minimum absolute atomic E-state index is 0.167. The molecule has 0 aliphatic carbocycles. The molecule has 0 fully saturated rings. The first-order chi connectivity index (χ1) is 8.99. The highest BCUT2D eigenvalue weighted by Gasteiger charge is 2.15. The number of rotatable bonds is 2. The Hall–Kier alpha value is -1.68. The number of methoxy groups -OCH3 is 2. The summed E-state index contributed by atoms with van der Waals surface area (Å²) in [5, 5.41) is 11.3. The number of aliphatic hydroxyl groups excluding tert-OH is 1. The highest BCUT2D eigenvalue weighted by Crippen LogP contribution is 2.35. The van der Waals surface area contributed by atoms with Gasteiger partial charge in [0.05, 0.1) is 14.2 Å². The molecule has 2 rings (SSSR count). The summed E-state index contributed by atoms with van der Waals surface area (Å²) in [7, 11) is 3.31. The molecule has 0 amide bonds. The maximum Gasteiger partial charge on any atom is 0.161 e. The zero-order valence-corrected chi connectivity index (χ0v) is 12.2. The Morgan fingerprint density at radius 1 is 1.16 bits per heavy atom. The molecule has 19 heavy (non-hydrogen) atoms. The molecule has 0 saturated heterocycles. The number of hydrogen-bond acceptors (Lipinski definition) is 4. The molecule has 0 saturated carbocycles. The van der Waals surface area contributed by atoms with E-state index < -0.39 is 0 Å². The van der Waals surface area contributed by atoms with E-state index in [1.807, 2.05) is 24.4 Å². The third kappa shape index (κ3) is 4.17. The predicted molar refractivity (Wildman–Crippen MR) is 77.5 cm³/mol. The van der Waals surface area contributed by atoms with Crippen LogP contribution in [0.3, 0.4) is 0 Å². The molecule has 2 N–H and O–H groups in total. The molecule has 0 spiro atoms. The van der Waals surface area contributed by atoms with Crippen molar-refractivity contribution in [1.29, 1.82) is 0 Å². The molecule has 1 heterocycles. The Bertz CT molecular complexity index is 439. The van der Waals surface area contributed by atoms with Crippen molar-refractivity contribution in [2.45, 2.75) is 32.9 Å². The van der Waals surface area contributed by atoms with Gasteiger partial charge in [0.2, 0.25) is 0 Å². The summed E-state index contributed by atoms with van der Waals surface area (Å²) in [6.45, 7) is 5.56. The van der Waals surface area contributed by atoms with Gasteiger partial charge in [0.1, 0.15) is 0 Å². The summed E-state index contributed by atoms with van der Waals surface area (Å²) >= 11 is 0. The maximum atomic E-state index is 8.06. The van der Waals surface area contributed by atoms with Crippen molar-refractivity contribution < 1.29 is 14.6 Å². The lowest BCUT2D eigenvalue weighted by Gasteiger charge is -2.21. The third-order valence-corrected chi connectivity index (χ3v) is 2.66. The first kappa shape index (κ1) is 15.4. The molecule has 106 valence electrons. The number of ether oxygens (including phenoxy) is 2. The standard InChI is InChI=1S/C12H15NO2.C3H8O/c1-8-10-7-12(15-3)11(14-2)6-9(10)4-5-13-8;1-3(2)4/h4-8,13H,1-3H3;3-4H,1-2H3/t8-;/m0./s1. The van der Waals surface area contributed by atoms with Gasteiger partial charge in [0.25, 0.3) is 0 Å². The van der Waals surface area contributed by atoms with Gasteiger partial charge in [-0.15, -0.1) is 0 Å². The summed E-state index contributed by atoms with van der Waals surface area (Å²) in [4.78, 5) is 0. The van der Waals surface area contributed by atoms with E-state index in [1.54, 1.807) is 28.1 Å². The van der Waals surface area contributed by atoms with Crippen LogP contribution in [0, 0.1) is 0 Å². The van der Waals surface area contributed by atoms with Gasteiger partial charge in [-0.05, 0) is 56.3 Å². The number of aliphatic hydroxyl groups is 1. The predicted octanol–water partition coefficient (Wildman–Crippen LogP) is 2.73. The number of fused-ring (bicyclic) bond motifs is 1. The second kappa shape index (κ2) is 7.04. The Kier molecular flexibility index (Phi) is 5.70. The lowest BCUT2D eigenvalue weighted by atomic mass is 9.98. The van der Waals surface area contributed by atoms with Crippen LogP contribution < -0.4 is 14.8 Å². The highest BCUT2D eigenvalue weighted by atomic mass is 16.5. The van der Waals surface area contributed by atoms with Gasteiger partial charge in [0, 0.05) is 12.1 Å². The van der Waals surface area contributed by atoms with Crippen molar-refractivity contribution in [3.63, 3.8) is 0 Å². The van der Waals surface area contributed by atoms with Crippen molar-refractivity contribution in [1.82, 2.24) is 5.32 Å². The van der Waals surface area contributed by atoms with Crippen LogP contribution in [-0.4, -0.2) is 25.4 Å². The minimum Gasteiger partial charge on any atom is -0.493 e. The fourth-order valence-corrected chi connectivity index (χ4v) is 1.80. The number of benzene rings is 1. The van der Waals surface area contributed by atoms with E-state index in [-0.39, 0.29) is 6.10 Å². The van der Waals surface area contributed by atoms with Crippen molar-refractivity contribution in [3.8, 4) is 11.5 Å². The van der Waals surface area contributed by atoms with Crippen LogP contribution in [0.15, 0.2) is 18.3 Å². The van der Waals surface area contributed by atoms with Gasteiger partial charge >= 0.3 is 0 Å². The Morgan fingerprint density at radius 2 is 1.68 bits per heavy atom. The first-order valence-corrected chi connectivity index (χ1v) is 6.36. The van der Waals surface area contributed by atoms with Gasteiger partial charge in [-0.1, -0.05) is 0 Å². The lowest BCUT2D eigenvalue weighted by Crippen LogP contribution is -2.16. The number of nitrogens with one attached hydrogen (secondary N) is 1.